The van der Waals surface area contributed by atoms with E-state index in [1.165, 1.54) is 0 Å². The molecule has 0 spiro atoms. The fourth-order valence-electron chi connectivity index (χ4n) is 0.938. The number of nitrogens with zero attached hydrogens (tertiary/aromatic N) is 3. The summed E-state index contributed by atoms with van der Waals surface area (Å²) in [5.74, 6) is -8.86. The van der Waals surface area contributed by atoms with Gasteiger partial charge in [-0.1, -0.05) is 0 Å². The van der Waals surface area contributed by atoms with Crippen LogP contribution in [0.15, 0.2) is 0 Å². The summed E-state index contributed by atoms with van der Waals surface area (Å²) in [5.41, 5.74) is 0. The third kappa shape index (κ3) is 3.45. The molecule has 0 saturated carbocycles. The van der Waals surface area contributed by atoms with E-state index in [4.69, 9.17) is 0 Å². The smallest absolute Gasteiger partial charge is 0.280 e. The summed E-state index contributed by atoms with van der Waals surface area (Å²) in [7, 11) is 0. The van der Waals surface area contributed by atoms with Crippen molar-refractivity contribution in [2.45, 2.75) is 19.3 Å². The van der Waals surface area contributed by atoms with E-state index in [1.54, 1.807) is 0 Å². The van der Waals surface area contributed by atoms with Crippen LogP contribution in [0.1, 0.15) is 27.1 Å². The van der Waals surface area contributed by atoms with Gasteiger partial charge in [0.15, 0.2) is 0 Å². The highest BCUT2D eigenvalue weighted by Crippen LogP contribution is 2.22. The van der Waals surface area contributed by atoms with Crippen LogP contribution in [-0.4, -0.2) is 38.9 Å². The maximum Gasteiger partial charge on any atom is 0.458 e. The molecule has 0 aliphatic carbocycles. The predicted molar refractivity (Wildman–Crippen MR) is 45.3 cm³/mol. The van der Waals surface area contributed by atoms with Crippen molar-refractivity contribution in [3.63, 3.8) is 0 Å². The zero-order valence-electron chi connectivity index (χ0n) is 8.93. The minimum absolute atomic E-state index is 0.616. The highest BCUT2D eigenvalue weighted by Gasteiger charge is 2.44. The quantitative estimate of drug-likeness (QED) is 0.611. The Bertz CT molecular complexity index is 492. The second-order valence-corrected chi connectivity index (χ2v) is 3.18. The van der Waals surface area contributed by atoms with E-state index < -0.39 is 41.4 Å². The number of carbonyl (C=O) groups excluding carboxylic acids is 2. The molecule has 0 unspecified atom stereocenters. The third-order valence-electron chi connectivity index (χ3n) is 1.67. The molecule has 1 aromatic heterocycles. The van der Waals surface area contributed by atoms with E-state index in [-0.39, 0.29) is 0 Å². The van der Waals surface area contributed by atoms with Crippen LogP contribution in [0.5, 0.6) is 0 Å². The summed E-state index contributed by atoms with van der Waals surface area (Å²) < 4.78 is 72.5. The van der Waals surface area contributed by atoms with Gasteiger partial charge in [0.2, 0.25) is 11.6 Å². The van der Waals surface area contributed by atoms with Crippen molar-refractivity contribution in [3.8, 4) is 0 Å². The molecule has 0 atom stereocenters. The first-order chi connectivity index (χ1) is 8.43. The first kappa shape index (κ1) is 15.0. The fraction of sp³-hybridized carbons (Fsp3) is 0.375. The minimum Gasteiger partial charge on any atom is -0.280 e. The van der Waals surface area contributed by atoms with Gasteiger partial charge in [-0.25, -0.2) is 15.0 Å². The van der Waals surface area contributed by atoms with Gasteiger partial charge in [-0.15, -0.1) is 0 Å². The molecule has 0 radical (unpaired) electrons. The van der Waals surface area contributed by atoms with Crippen LogP contribution in [0.4, 0.5) is 26.3 Å². The highest BCUT2D eigenvalue weighted by atomic mass is 19.4. The molecule has 0 aromatic carbocycles. The fourth-order valence-corrected chi connectivity index (χ4v) is 0.938. The molecule has 0 N–H and O–H groups in total. The average Bonchev–Trinajstić information content (AvgIpc) is 2.23. The number of rotatable bonds is 2. The number of aromatic nitrogens is 3. The maximum atomic E-state index is 12.1. The van der Waals surface area contributed by atoms with Crippen LogP contribution in [0.2, 0.25) is 0 Å². The SMILES string of the molecule is Cc1nc(C(=O)C(F)(F)F)nc(C(=O)C(F)(F)F)n1. The van der Waals surface area contributed by atoms with Crippen LogP contribution >= 0.6 is 0 Å². The Labute approximate surface area is 100 Å². The van der Waals surface area contributed by atoms with Crippen molar-refractivity contribution in [2.24, 2.45) is 0 Å². The topological polar surface area (TPSA) is 72.8 Å². The summed E-state index contributed by atoms with van der Waals surface area (Å²) in [4.78, 5) is 30.1. The molecule has 1 aromatic rings. The average molecular weight is 287 g/mol. The third-order valence-corrected chi connectivity index (χ3v) is 1.67. The number of aryl methyl sites for hydroxylation is 1. The standard InChI is InChI=1S/C8H3F6N3O2/c1-2-15-5(3(18)7(9,10)11)17-6(16-2)4(19)8(12,13)14/h1H3. The predicted octanol–water partition coefficient (Wildman–Crippen LogP) is 1.67. The lowest BCUT2D eigenvalue weighted by molar-refractivity contribution is -0.0898. The Hall–Kier alpha value is -2.07. The van der Waals surface area contributed by atoms with Gasteiger partial charge in [0.1, 0.15) is 5.82 Å². The Balaban J connectivity index is 3.30. The molecule has 5 nitrogen and oxygen atoms in total. The molecule has 0 aliphatic heterocycles. The van der Waals surface area contributed by atoms with E-state index in [1.807, 2.05) is 0 Å². The summed E-state index contributed by atoms with van der Waals surface area (Å²) in [6.45, 7) is 0.919. The normalized spacial score (nSPS) is 12.4. The number of carbonyl (C=O) groups is 2. The number of ketones is 2. The van der Waals surface area contributed by atoms with E-state index in [2.05, 4.69) is 15.0 Å². The molecule has 104 valence electrons. The highest BCUT2D eigenvalue weighted by molar-refractivity contribution is 6.00. The van der Waals surface area contributed by atoms with Crippen LogP contribution in [0, 0.1) is 6.92 Å². The lowest BCUT2D eigenvalue weighted by atomic mass is 10.3. The largest absolute Gasteiger partial charge is 0.458 e. The second-order valence-electron chi connectivity index (χ2n) is 3.18. The molecule has 11 heteroatoms. The number of halogens is 6. The number of hydrogen-bond donors (Lipinski definition) is 0. The van der Waals surface area contributed by atoms with E-state index in [0.717, 1.165) is 6.92 Å². The molecule has 0 amide bonds. The van der Waals surface area contributed by atoms with Crippen molar-refractivity contribution in [1.29, 1.82) is 0 Å². The Morgan fingerprint density at radius 2 is 1.11 bits per heavy atom. The molecule has 1 heterocycles. The van der Waals surface area contributed by atoms with Crippen molar-refractivity contribution in [3.05, 3.63) is 17.5 Å². The number of Topliss-reactive ketones (excluding diaryl/α,β-unsaturated/α-hetero) is 2. The van der Waals surface area contributed by atoms with Crippen LogP contribution in [-0.2, 0) is 0 Å². The van der Waals surface area contributed by atoms with Gasteiger partial charge in [0.25, 0.3) is 0 Å². The van der Waals surface area contributed by atoms with Gasteiger partial charge >= 0.3 is 23.9 Å². The molecule has 0 aliphatic rings. The molecule has 1 rings (SSSR count). The van der Waals surface area contributed by atoms with E-state index in [9.17, 15) is 35.9 Å². The summed E-state index contributed by atoms with van der Waals surface area (Å²) >= 11 is 0. The van der Waals surface area contributed by atoms with Crippen molar-refractivity contribution >= 4 is 11.6 Å². The summed E-state index contributed by atoms with van der Waals surface area (Å²) in [6.07, 6.45) is -10.7. The van der Waals surface area contributed by atoms with Gasteiger partial charge < -0.3 is 0 Å². The van der Waals surface area contributed by atoms with Gasteiger partial charge in [0.05, 0.1) is 0 Å². The zero-order valence-corrected chi connectivity index (χ0v) is 8.93. The van der Waals surface area contributed by atoms with Crippen molar-refractivity contribution < 1.29 is 35.9 Å². The molecule has 0 fully saturated rings. The first-order valence-corrected chi connectivity index (χ1v) is 4.38. The van der Waals surface area contributed by atoms with Gasteiger partial charge in [0, 0.05) is 0 Å². The van der Waals surface area contributed by atoms with E-state index in [0.29, 0.717) is 0 Å². The van der Waals surface area contributed by atoms with Gasteiger partial charge in [-0.2, -0.15) is 26.3 Å². The first-order valence-electron chi connectivity index (χ1n) is 4.38. The summed E-state index contributed by atoms with van der Waals surface area (Å²) in [6, 6.07) is 0. The minimum atomic E-state index is -5.37. The van der Waals surface area contributed by atoms with Crippen LogP contribution in [0.25, 0.3) is 0 Å². The lowest BCUT2D eigenvalue weighted by Gasteiger charge is -2.07. The Morgan fingerprint density at radius 3 is 1.37 bits per heavy atom. The van der Waals surface area contributed by atoms with Crippen LogP contribution < -0.4 is 0 Å². The zero-order chi connectivity index (χ0) is 15.0. The van der Waals surface area contributed by atoms with E-state index >= 15 is 0 Å². The summed E-state index contributed by atoms with van der Waals surface area (Å²) in [5, 5.41) is 0. The van der Waals surface area contributed by atoms with Crippen LogP contribution in [0.3, 0.4) is 0 Å². The molecule has 0 saturated heterocycles. The Morgan fingerprint density at radius 1 is 0.789 bits per heavy atom. The van der Waals surface area contributed by atoms with Gasteiger partial charge in [-0.05, 0) is 6.92 Å². The lowest BCUT2D eigenvalue weighted by Crippen LogP contribution is -2.30. The Kier molecular flexibility index (Phi) is 3.59. The van der Waals surface area contributed by atoms with Crippen molar-refractivity contribution in [2.75, 3.05) is 0 Å². The molecule has 0 bridgehead atoms. The number of alkyl halides is 6. The monoisotopic (exact) mass is 287 g/mol. The van der Waals surface area contributed by atoms with Gasteiger partial charge in [-0.3, -0.25) is 9.59 Å². The number of hydrogen-bond acceptors (Lipinski definition) is 5. The molecular weight excluding hydrogens is 284 g/mol. The second kappa shape index (κ2) is 4.55. The maximum absolute atomic E-state index is 12.1. The van der Waals surface area contributed by atoms with Crippen molar-refractivity contribution in [1.82, 2.24) is 15.0 Å². The molecular formula is C8H3F6N3O2. The molecule has 19 heavy (non-hydrogen) atoms.